The number of hydrogen-bond acceptors (Lipinski definition) is 4. The molecular formula is C19H23Cl2N3O4. The van der Waals surface area contributed by atoms with Crippen LogP contribution in [0.1, 0.15) is 18.4 Å². The lowest BCUT2D eigenvalue weighted by Crippen LogP contribution is -2.32. The number of nitrogens with zero attached hydrogens (tertiary/aromatic N) is 3. The third-order valence-corrected chi connectivity index (χ3v) is 5.19. The maximum atomic E-state index is 12.7. The van der Waals surface area contributed by atoms with Gasteiger partial charge >= 0.3 is 0 Å². The van der Waals surface area contributed by atoms with E-state index in [-0.39, 0.29) is 37.5 Å². The molecule has 28 heavy (non-hydrogen) atoms. The van der Waals surface area contributed by atoms with Gasteiger partial charge in [0.25, 0.3) is 11.8 Å². The summed E-state index contributed by atoms with van der Waals surface area (Å²) in [5, 5.41) is 10.9. The molecule has 0 atom stereocenters. The zero-order chi connectivity index (χ0) is 21.0. The summed E-state index contributed by atoms with van der Waals surface area (Å²) in [6.07, 6.45) is 0.745. The predicted molar refractivity (Wildman–Crippen MR) is 107 cm³/mol. The fourth-order valence-corrected chi connectivity index (χ4v) is 3.15. The first kappa shape index (κ1) is 22.0. The molecule has 0 radical (unpaired) electrons. The Morgan fingerprint density at radius 3 is 2.46 bits per heavy atom. The monoisotopic (exact) mass is 427 g/mol. The van der Waals surface area contributed by atoms with E-state index >= 15 is 0 Å². The zero-order valence-corrected chi connectivity index (χ0v) is 17.5. The van der Waals surface area contributed by atoms with Crippen molar-refractivity contribution in [3.8, 4) is 0 Å². The molecule has 0 unspecified atom stereocenters. The van der Waals surface area contributed by atoms with E-state index in [1.165, 1.54) is 14.7 Å². The number of halogens is 2. The lowest BCUT2D eigenvalue weighted by Gasteiger charge is -2.20. The summed E-state index contributed by atoms with van der Waals surface area (Å²) < 4.78 is 0. The second-order valence-electron chi connectivity index (χ2n) is 6.86. The summed E-state index contributed by atoms with van der Waals surface area (Å²) in [5.74, 6) is -1.61. The molecule has 0 fully saturated rings. The van der Waals surface area contributed by atoms with Gasteiger partial charge in [-0.1, -0.05) is 29.3 Å². The van der Waals surface area contributed by atoms with Crippen molar-refractivity contribution < 1.29 is 19.5 Å². The van der Waals surface area contributed by atoms with Gasteiger partial charge in [-0.25, -0.2) is 0 Å². The molecule has 0 aromatic heterocycles. The highest BCUT2D eigenvalue weighted by atomic mass is 35.5. The van der Waals surface area contributed by atoms with Crippen molar-refractivity contribution in [1.82, 2.24) is 14.7 Å². The van der Waals surface area contributed by atoms with Crippen LogP contribution < -0.4 is 0 Å². The summed E-state index contributed by atoms with van der Waals surface area (Å²) in [7, 11) is 4.91. The average Bonchev–Trinajstić information content (AvgIpc) is 2.92. The third-order valence-electron chi connectivity index (χ3n) is 4.45. The molecule has 1 aliphatic heterocycles. The maximum Gasteiger partial charge on any atom is 0.289 e. The second kappa shape index (κ2) is 9.30. The van der Waals surface area contributed by atoms with Crippen LogP contribution in [0.2, 0.25) is 10.0 Å². The average molecular weight is 428 g/mol. The van der Waals surface area contributed by atoms with Crippen molar-refractivity contribution in [2.75, 3.05) is 34.2 Å². The molecule has 3 amide bonds. The number of benzene rings is 1. The Hall–Kier alpha value is -2.25. The van der Waals surface area contributed by atoms with Crippen LogP contribution in [0.5, 0.6) is 0 Å². The van der Waals surface area contributed by atoms with Crippen molar-refractivity contribution in [3.63, 3.8) is 0 Å². The van der Waals surface area contributed by atoms with Gasteiger partial charge < -0.3 is 19.8 Å². The maximum absolute atomic E-state index is 12.7. The minimum Gasteiger partial charge on any atom is -0.503 e. The van der Waals surface area contributed by atoms with Gasteiger partial charge in [0.2, 0.25) is 5.91 Å². The van der Waals surface area contributed by atoms with Gasteiger partial charge in [-0.15, -0.1) is 0 Å². The number of hydrogen-bond donors (Lipinski definition) is 1. The van der Waals surface area contributed by atoms with Gasteiger partial charge in [-0.05, 0) is 24.1 Å². The van der Waals surface area contributed by atoms with Crippen LogP contribution in [0.25, 0.3) is 0 Å². The Balaban J connectivity index is 1.97. The smallest absolute Gasteiger partial charge is 0.289 e. The van der Waals surface area contributed by atoms with E-state index in [4.69, 9.17) is 23.2 Å². The molecule has 0 bridgehead atoms. The second-order valence-corrected chi connectivity index (χ2v) is 7.67. The molecular weight excluding hydrogens is 405 g/mol. The van der Waals surface area contributed by atoms with Crippen molar-refractivity contribution in [2.45, 2.75) is 19.4 Å². The molecule has 0 aliphatic carbocycles. The number of rotatable bonds is 7. The quantitative estimate of drug-likeness (QED) is 0.724. The molecule has 0 saturated heterocycles. The lowest BCUT2D eigenvalue weighted by molar-refractivity contribution is -0.130. The van der Waals surface area contributed by atoms with Gasteiger partial charge in [-0.3, -0.25) is 14.4 Å². The lowest BCUT2D eigenvalue weighted by atomic mass is 10.2. The Kier molecular flexibility index (Phi) is 7.32. The highest BCUT2D eigenvalue weighted by Crippen LogP contribution is 2.24. The Morgan fingerprint density at radius 2 is 1.86 bits per heavy atom. The van der Waals surface area contributed by atoms with Gasteiger partial charge in [0.15, 0.2) is 5.76 Å². The highest BCUT2D eigenvalue weighted by Gasteiger charge is 2.34. The van der Waals surface area contributed by atoms with Crippen molar-refractivity contribution in [1.29, 1.82) is 0 Å². The Morgan fingerprint density at radius 1 is 1.18 bits per heavy atom. The van der Waals surface area contributed by atoms with Crippen molar-refractivity contribution >= 4 is 40.9 Å². The molecule has 2 rings (SSSR count). The standard InChI is InChI=1S/C19H23Cl2N3O4/c1-22(2)16(25)5-4-8-24-11-13(17(26)19(24)28)18(27)23(3)10-12-6-7-14(20)15(21)9-12/h6-7,9,26H,4-5,8,10-11H2,1-3H3. The Labute approximate surface area is 174 Å². The van der Waals surface area contributed by atoms with Crippen LogP contribution in [0.15, 0.2) is 29.5 Å². The van der Waals surface area contributed by atoms with Crippen LogP contribution in [-0.2, 0) is 20.9 Å². The minimum absolute atomic E-state index is 0.0192. The van der Waals surface area contributed by atoms with Gasteiger partial charge in [0.05, 0.1) is 22.2 Å². The minimum atomic E-state index is -0.594. The van der Waals surface area contributed by atoms with Gasteiger partial charge in [0.1, 0.15) is 0 Å². The van der Waals surface area contributed by atoms with Gasteiger partial charge in [0, 0.05) is 40.7 Å². The molecule has 7 nitrogen and oxygen atoms in total. The highest BCUT2D eigenvalue weighted by molar-refractivity contribution is 6.42. The number of amides is 3. The normalized spacial score (nSPS) is 13.9. The molecule has 152 valence electrons. The molecule has 9 heteroatoms. The molecule has 1 heterocycles. The summed E-state index contributed by atoms with van der Waals surface area (Å²) in [6, 6.07) is 5.06. The SMILES string of the molecule is CN(C)C(=O)CCCN1CC(C(=O)N(C)Cc2ccc(Cl)c(Cl)c2)=C(O)C1=O. The number of aliphatic hydroxyl groups excluding tert-OH is 1. The summed E-state index contributed by atoms with van der Waals surface area (Å²) in [4.78, 5) is 40.8. The predicted octanol–water partition coefficient (Wildman–Crippen LogP) is 2.47. The number of likely N-dealkylation sites (N-methyl/N-ethyl adjacent to an activating group) is 1. The summed E-state index contributed by atoms with van der Waals surface area (Å²) in [5.41, 5.74) is 0.820. The van der Waals surface area contributed by atoms with E-state index in [0.717, 1.165) is 5.56 Å². The zero-order valence-electron chi connectivity index (χ0n) is 16.0. The van der Waals surface area contributed by atoms with E-state index in [2.05, 4.69) is 0 Å². The molecule has 1 aliphatic rings. The summed E-state index contributed by atoms with van der Waals surface area (Å²) in [6.45, 7) is 0.555. The topological polar surface area (TPSA) is 81.2 Å². The van der Waals surface area contributed by atoms with Crippen LogP contribution in [0.3, 0.4) is 0 Å². The Bertz CT molecular complexity index is 823. The molecule has 0 spiro atoms. The van der Waals surface area contributed by atoms with E-state index in [1.54, 1.807) is 39.3 Å². The fraction of sp³-hybridized carbons (Fsp3) is 0.421. The molecule has 1 N–H and O–H groups in total. The van der Waals surface area contributed by atoms with Crippen LogP contribution >= 0.6 is 23.2 Å². The van der Waals surface area contributed by atoms with E-state index in [0.29, 0.717) is 16.5 Å². The molecule has 1 aromatic rings. The first-order valence-corrected chi connectivity index (χ1v) is 9.48. The van der Waals surface area contributed by atoms with E-state index in [1.807, 2.05) is 0 Å². The number of carbonyl (C=O) groups excluding carboxylic acids is 3. The number of aliphatic hydroxyl groups is 1. The van der Waals surface area contributed by atoms with Crippen molar-refractivity contribution in [2.24, 2.45) is 0 Å². The summed E-state index contributed by atoms with van der Waals surface area (Å²) >= 11 is 11.9. The fourth-order valence-electron chi connectivity index (χ4n) is 2.82. The van der Waals surface area contributed by atoms with Crippen molar-refractivity contribution in [3.05, 3.63) is 45.1 Å². The molecule has 0 saturated carbocycles. The van der Waals surface area contributed by atoms with E-state index < -0.39 is 17.6 Å². The van der Waals surface area contributed by atoms with Gasteiger partial charge in [-0.2, -0.15) is 0 Å². The van der Waals surface area contributed by atoms with Crippen LogP contribution in [-0.4, -0.2) is 71.8 Å². The van der Waals surface area contributed by atoms with E-state index in [9.17, 15) is 19.5 Å². The van der Waals surface area contributed by atoms with Crippen LogP contribution in [0.4, 0.5) is 0 Å². The largest absolute Gasteiger partial charge is 0.503 e. The first-order valence-electron chi connectivity index (χ1n) is 8.72. The third kappa shape index (κ3) is 5.17. The first-order chi connectivity index (χ1) is 13.1. The molecule has 1 aromatic carbocycles. The van der Waals surface area contributed by atoms with Crippen LogP contribution in [0, 0.1) is 0 Å². The number of carbonyl (C=O) groups is 3.